The number of aromatic nitrogens is 2. The van der Waals surface area contributed by atoms with Gasteiger partial charge in [0.25, 0.3) is 0 Å². The van der Waals surface area contributed by atoms with Crippen LogP contribution in [0.4, 0.5) is 23.7 Å². The smallest absolute Gasteiger partial charge is 0.337 e. The number of carbonyl (C=O) groups is 1. The average molecular weight is 430 g/mol. The summed E-state index contributed by atoms with van der Waals surface area (Å²) in [4.78, 5) is 18.8. The Morgan fingerprint density at radius 1 is 1.13 bits per heavy atom. The molecule has 1 unspecified atom stereocenters. The molecular formula is C22H21F3N4O2. The minimum absolute atomic E-state index is 0.273. The standard InChI is InChI=1S/C22H21F3N4O2/c1-14-9-11-15(12-10-14)19-27-20(31-28-19)18-8-4-5-13-29(18)21(30)26-17-7-3-2-6-16(17)22(23,24)25/h2-3,6-7,9-12,18H,4-5,8,13H2,1H3,(H,26,30). The Labute approximate surface area is 177 Å². The summed E-state index contributed by atoms with van der Waals surface area (Å²) in [6.07, 6.45) is -2.40. The molecule has 1 atom stereocenters. The van der Waals surface area contributed by atoms with E-state index in [2.05, 4.69) is 15.5 Å². The van der Waals surface area contributed by atoms with Crippen molar-refractivity contribution in [3.63, 3.8) is 0 Å². The van der Waals surface area contributed by atoms with Crippen molar-refractivity contribution >= 4 is 11.7 Å². The third-order valence-corrected chi connectivity index (χ3v) is 5.27. The zero-order valence-corrected chi connectivity index (χ0v) is 16.8. The van der Waals surface area contributed by atoms with Crippen molar-refractivity contribution in [3.05, 3.63) is 65.5 Å². The quantitative estimate of drug-likeness (QED) is 0.568. The van der Waals surface area contributed by atoms with E-state index in [-0.39, 0.29) is 11.6 Å². The molecule has 0 spiro atoms. The fourth-order valence-corrected chi connectivity index (χ4v) is 3.65. The normalized spacial score (nSPS) is 16.9. The molecule has 2 amide bonds. The fraction of sp³-hybridized carbons (Fsp3) is 0.318. The van der Waals surface area contributed by atoms with Crippen LogP contribution in [0.25, 0.3) is 11.4 Å². The van der Waals surface area contributed by atoms with E-state index < -0.39 is 23.8 Å². The van der Waals surface area contributed by atoms with Gasteiger partial charge in [0.1, 0.15) is 6.04 Å². The van der Waals surface area contributed by atoms with Crippen LogP contribution in [0.15, 0.2) is 53.1 Å². The lowest BCUT2D eigenvalue weighted by Crippen LogP contribution is -2.41. The molecule has 0 aliphatic carbocycles. The summed E-state index contributed by atoms with van der Waals surface area (Å²) >= 11 is 0. The number of carbonyl (C=O) groups excluding carboxylic acids is 1. The molecule has 2 aromatic carbocycles. The lowest BCUT2D eigenvalue weighted by molar-refractivity contribution is -0.136. The lowest BCUT2D eigenvalue weighted by atomic mass is 10.0. The number of anilines is 1. The van der Waals surface area contributed by atoms with Crippen molar-refractivity contribution in [3.8, 4) is 11.4 Å². The number of nitrogens with one attached hydrogen (secondary N) is 1. The fourth-order valence-electron chi connectivity index (χ4n) is 3.65. The Hall–Kier alpha value is -3.36. The Bertz CT molecular complexity index is 1060. The van der Waals surface area contributed by atoms with Crippen LogP contribution >= 0.6 is 0 Å². The highest BCUT2D eigenvalue weighted by Gasteiger charge is 2.36. The van der Waals surface area contributed by atoms with Gasteiger partial charge in [-0.1, -0.05) is 47.1 Å². The summed E-state index contributed by atoms with van der Waals surface area (Å²) in [6, 6.07) is 11.4. The number of urea groups is 1. The molecule has 1 aliphatic heterocycles. The molecule has 4 rings (SSSR count). The highest BCUT2D eigenvalue weighted by molar-refractivity contribution is 5.90. The molecule has 1 saturated heterocycles. The number of aryl methyl sites for hydroxylation is 1. The number of benzene rings is 2. The highest BCUT2D eigenvalue weighted by atomic mass is 19.4. The first kappa shape index (κ1) is 20.9. The number of hydrogen-bond donors (Lipinski definition) is 1. The number of amides is 2. The molecule has 1 aromatic heterocycles. The topological polar surface area (TPSA) is 71.3 Å². The predicted octanol–water partition coefficient (Wildman–Crippen LogP) is 5.82. The molecule has 6 nitrogen and oxygen atoms in total. The lowest BCUT2D eigenvalue weighted by Gasteiger charge is -2.33. The van der Waals surface area contributed by atoms with E-state index in [1.807, 2.05) is 31.2 Å². The largest absolute Gasteiger partial charge is 0.418 e. The van der Waals surface area contributed by atoms with Gasteiger partial charge in [0.2, 0.25) is 11.7 Å². The zero-order chi connectivity index (χ0) is 22.0. The van der Waals surface area contributed by atoms with Crippen molar-refractivity contribution in [1.29, 1.82) is 0 Å². The van der Waals surface area contributed by atoms with Gasteiger partial charge in [-0.25, -0.2) is 4.79 Å². The van der Waals surface area contributed by atoms with E-state index in [0.717, 1.165) is 30.0 Å². The molecule has 0 bridgehead atoms. The number of piperidine rings is 1. The SMILES string of the molecule is Cc1ccc(-c2noc(C3CCCCN3C(=O)Nc3ccccc3C(F)(F)F)n2)cc1. The third-order valence-electron chi connectivity index (χ3n) is 5.27. The first-order valence-electron chi connectivity index (χ1n) is 9.97. The third kappa shape index (κ3) is 4.55. The van der Waals surface area contributed by atoms with Gasteiger partial charge in [0.05, 0.1) is 11.3 Å². The van der Waals surface area contributed by atoms with Crippen LogP contribution in [-0.4, -0.2) is 27.6 Å². The number of nitrogens with zero attached hydrogens (tertiary/aromatic N) is 3. The van der Waals surface area contributed by atoms with Crippen LogP contribution < -0.4 is 5.32 Å². The van der Waals surface area contributed by atoms with E-state index in [9.17, 15) is 18.0 Å². The van der Waals surface area contributed by atoms with Crippen molar-refractivity contribution < 1.29 is 22.5 Å². The van der Waals surface area contributed by atoms with Crippen molar-refractivity contribution in [2.75, 3.05) is 11.9 Å². The van der Waals surface area contributed by atoms with Gasteiger partial charge < -0.3 is 14.7 Å². The first-order valence-corrected chi connectivity index (χ1v) is 9.97. The molecule has 0 radical (unpaired) electrons. The maximum absolute atomic E-state index is 13.3. The molecule has 1 fully saturated rings. The van der Waals surface area contributed by atoms with Gasteiger partial charge in [-0.05, 0) is 38.3 Å². The predicted molar refractivity (Wildman–Crippen MR) is 108 cm³/mol. The molecule has 3 aromatic rings. The summed E-state index contributed by atoms with van der Waals surface area (Å²) in [5.74, 6) is 0.679. The molecule has 162 valence electrons. The monoisotopic (exact) mass is 430 g/mol. The van der Waals surface area contributed by atoms with Gasteiger partial charge in [0, 0.05) is 12.1 Å². The van der Waals surface area contributed by atoms with Crippen LogP contribution in [-0.2, 0) is 6.18 Å². The van der Waals surface area contributed by atoms with Crippen LogP contribution in [0, 0.1) is 6.92 Å². The molecule has 9 heteroatoms. The van der Waals surface area contributed by atoms with E-state index >= 15 is 0 Å². The van der Waals surface area contributed by atoms with E-state index in [1.54, 1.807) is 0 Å². The average Bonchev–Trinajstić information content (AvgIpc) is 3.24. The number of likely N-dealkylation sites (tertiary alicyclic amines) is 1. The number of alkyl halides is 3. The van der Waals surface area contributed by atoms with Gasteiger partial charge >= 0.3 is 12.2 Å². The Kier molecular flexibility index (Phi) is 5.67. The van der Waals surface area contributed by atoms with Crippen LogP contribution in [0.3, 0.4) is 0 Å². The molecule has 2 heterocycles. The minimum Gasteiger partial charge on any atom is -0.337 e. The van der Waals surface area contributed by atoms with Crippen LogP contribution in [0.2, 0.25) is 0 Å². The van der Waals surface area contributed by atoms with Gasteiger partial charge in [-0.3, -0.25) is 0 Å². The second kappa shape index (κ2) is 8.41. The second-order valence-electron chi connectivity index (χ2n) is 7.50. The van der Waals surface area contributed by atoms with E-state index in [0.29, 0.717) is 18.8 Å². The van der Waals surface area contributed by atoms with Crippen LogP contribution in [0.1, 0.15) is 42.3 Å². The molecule has 1 aliphatic rings. The highest BCUT2D eigenvalue weighted by Crippen LogP contribution is 2.36. The maximum atomic E-state index is 13.3. The Balaban J connectivity index is 1.56. The second-order valence-corrected chi connectivity index (χ2v) is 7.50. The minimum atomic E-state index is -4.57. The molecule has 31 heavy (non-hydrogen) atoms. The van der Waals surface area contributed by atoms with Crippen molar-refractivity contribution in [2.24, 2.45) is 0 Å². The zero-order valence-electron chi connectivity index (χ0n) is 16.8. The Morgan fingerprint density at radius 3 is 2.61 bits per heavy atom. The number of hydrogen-bond acceptors (Lipinski definition) is 4. The van der Waals surface area contributed by atoms with Gasteiger partial charge in [0.15, 0.2) is 0 Å². The summed E-state index contributed by atoms with van der Waals surface area (Å²) in [7, 11) is 0. The van der Waals surface area contributed by atoms with Crippen molar-refractivity contribution in [2.45, 2.75) is 38.4 Å². The van der Waals surface area contributed by atoms with E-state index in [1.165, 1.54) is 23.1 Å². The summed E-state index contributed by atoms with van der Waals surface area (Å²) < 4.78 is 45.3. The number of rotatable bonds is 3. The van der Waals surface area contributed by atoms with Crippen molar-refractivity contribution in [1.82, 2.24) is 15.0 Å². The first-order chi connectivity index (χ1) is 14.8. The van der Waals surface area contributed by atoms with Crippen LogP contribution in [0.5, 0.6) is 0 Å². The molecular weight excluding hydrogens is 409 g/mol. The van der Waals surface area contributed by atoms with Gasteiger partial charge in [-0.15, -0.1) is 0 Å². The summed E-state index contributed by atoms with van der Waals surface area (Å²) in [5, 5.41) is 6.43. The number of para-hydroxylation sites is 1. The van der Waals surface area contributed by atoms with Gasteiger partial charge in [-0.2, -0.15) is 18.2 Å². The van der Waals surface area contributed by atoms with E-state index in [4.69, 9.17) is 4.52 Å². The number of halogens is 3. The maximum Gasteiger partial charge on any atom is 0.418 e. The molecule has 0 saturated carbocycles. The Morgan fingerprint density at radius 2 is 1.87 bits per heavy atom. The molecule has 1 N–H and O–H groups in total. The summed E-state index contributed by atoms with van der Waals surface area (Å²) in [5.41, 5.74) is 0.708. The summed E-state index contributed by atoms with van der Waals surface area (Å²) in [6.45, 7) is 2.35.